The van der Waals surface area contributed by atoms with Crippen LogP contribution in [0.2, 0.25) is 10.0 Å². The van der Waals surface area contributed by atoms with Crippen LogP contribution in [-0.2, 0) is 4.79 Å². The van der Waals surface area contributed by atoms with E-state index >= 15 is 0 Å². The number of hydrogen-bond donors (Lipinski definition) is 2. The van der Waals surface area contributed by atoms with Crippen LogP contribution in [0.15, 0.2) is 42.7 Å². The second-order valence-electron chi connectivity index (χ2n) is 6.55. The Balaban J connectivity index is 1.95. The lowest BCUT2D eigenvalue weighted by Gasteiger charge is -2.13. The van der Waals surface area contributed by atoms with Gasteiger partial charge in [-0.1, -0.05) is 29.3 Å². The number of nitrogens with zero attached hydrogens (tertiary/aromatic N) is 3. The van der Waals surface area contributed by atoms with Crippen molar-refractivity contribution in [2.75, 3.05) is 31.3 Å². The molecule has 0 bridgehead atoms. The van der Waals surface area contributed by atoms with Crippen LogP contribution in [0, 0.1) is 11.6 Å². The highest BCUT2D eigenvalue weighted by molar-refractivity contribution is 6.39. The SMILES string of the molecule is CN(C)C/C=C/C(=O)Nc1ccc2ncnc(Nc3ccc(F)c(Cl)c3F)c2c1Cl. The third-order valence-corrected chi connectivity index (χ3v) is 4.77. The number of nitrogens with one attached hydrogen (secondary N) is 2. The van der Waals surface area contributed by atoms with Crippen LogP contribution < -0.4 is 10.6 Å². The van der Waals surface area contributed by atoms with Gasteiger partial charge < -0.3 is 15.5 Å². The van der Waals surface area contributed by atoms with Crippen LogP contribution in [0.25, 0.3) is 10.9 Å². The number of rotatable bonds is 6. The third-order valence-electron chi connectivity index (χ3n) is 4.03. The standard InChI is InChI=1S/C20H17Cl2F2N5O/c1-29(2)9-3-4-15(30)27-13-8-7-12-16(18(13)22)20(26-10-25-12)28-14-6-5-11(23)17(21)19(14)24/h3-8,10H,9H2,1-2H3,(H,27,30)(H,25,26,28)/b4-3+. The Morgan fingerprint density at radius 1 is 1.10 bits per heavy atom. The number of halogens is 4. The van der Waals surface area contributed by atoms with Crippen LogP contribution in [-0.4, -0.2) is 41.4 Å². The van der Waals surface area contributed by atoms with Crippen molar-refractivity contribution in [3.05, 3.63) is 64.4 Å². The van der Waals surface area contributed by atoms with Gasteiger partial charge >= 0.3 is 0 Å². The number of amides is 1. The number of carbonyl (C=O) groups is 1. The van der Waals surface area contributed by atoms with E-state index in [9.17, 15) is 13.6 Å². The zero-order valence-electron chi connectivity index (χ0n) is 16.0. The van der Waals surface area contributed by atoms with Gasteiger partial charge in [0.1, 0.15) is 23.0 Å². The van der Waals surface area contributed by atoms with E-state index in [0.717, 1.165) is 6.07 Å². The van der Waals surface area contributed by atoms with E-state index in [0.29, 0.717) is 23.1 Å². The number of carbonyl (C=O) groups excluding carboxylic acids is 1. The van der Waals surface area contributed by atoms with Crippen LogP contribution in [0.4, 0.5) is 26.0 Å². The van der Waals surface area contributed by atoms with E-state index in [1.165, 1.54) is 18.5 Å². The summed E-state index contributed by atoms with van der Waals surface area (Å²) in [4.78, 5) is 22.3. The van der Waals surface area contributed by atoms with E-state index < -0.39 is 16.7 Å². The van der Waals surface area contributed by atoms with Crippen molar-refractivity contribution in [3.63, 3.8) is 0 Å². The Bertz CT molecular complexity index is 1140. The first-order valence-electron chi connectivity index (χ1n) is 8.74. The van der Waals surface area contributed by atoms with E-state index in [1.54, 1.807) is 18.2 Å². The predicted molar refractivity (Wildman–Crippen MR) is 116 cm³/mol. The van der Waals surface area contributed by atoms with Gasteiger partial charge in [0.2, 0.25) is 5.91 Å². The number of anilines is 3. The molecule has 0 spiro atoms. The molecular weight excluding hydrogens is 435 g/mol. The molecule has 3 rings (SSSR count). The normalized spacial score (nSPS) is 11.4. The average molecular weight is 452 g/mol. The van der Waals surface area contributed by atoms with E-state index in [4.69, 9.17) is 23.2 Å². The van der Waals surface area contributed by atoms with E-state index in [1.807, 2.05) is 19.0 Å². The van der Waals surface area contributed by atoms with Crippen molar-refractivity contribution in [1.82, 2.24) is 14.9 Å². The van der Waals surface area contributed by atoms with Crippen LogP contribution in [0.5, 0.6) is 0 Å². The zero-order valence-corrected chi connectivity index (χ0v) is 17.5. The van der Waals surface area contributed by atoms with Gasteiger partial charge in [-0.25, -0.2) is 18.7 Å². The molecule has 1 heterocycles. The van der Waals surface area contributed by atoms with Crippen molar-refractivity contribution >= 4 is 57.2 Å². The van der Waals surface area contributed by atoms with Gasteiger partial charge in [-0.2, -0.15) is 0 Å². The molecule has 3 aromatic rings. The minimum Gasteiger partial charge on any atom is -0.337 e. The van der Waals surface area contributed by atoms with Crippen molar-refractivity contribution < 1.29 is 13.6 Å². The maximum Gasteiger partial charge on any atom is 0.248 e. The fourth-order valence-corrected chi connectivity index (χ4v) is 3.06. The highest BCUT2D eigenvalue weighted by atomic mass is 35.5. The third kappa shape index (κ3) is 4.84. The van der Waals surface area contributed by atoms with Crippen molar-refractivity contribution in [3.8, 4) is 0 Å². The van der Waals surface area contributed by atoms with Gasteiger partial charge in [-0.15, -0.1) is 0 Å². The van der Waals surface area contributed by atoms with E-state index in [-0.39, 0.29) is 22.4 Å². The summed E-state index contributed by atoms with van der Waals surface area (Å²) in [6.07, 6.45) is 4.38. The number of hydrogen-bond acceptors (Lipinski definition) is 5. The highest BCUT2D eigenvalue weighted by Crippen LogP contribution is 2.36. The molecule has 1 aromatic heterocycles. The minimum atomic E-state index is -0.963. The van der Waals surface area contributed by atoms with Gasteiger partial charge in [0, 0.05) is 12.6 Å². The molecule has 0 saturated heterocycles. The van der Waals surface area contributed by atoms with E-state index in [2.05, 4.69) is 20.6 Å². The first kappa shape index (κ1) is 21.9. The molecule has 0 aliphatic heterocycles. The summed E-state index contributed by atoms with van der Waals surface area (Å²) in [5.74, 6) is -2.03. The summed E-state index contributed by atoms with van der Waals surface area (Å²) in [5, 5.41) is 5.33. The number of fused-ring (bicyclic) bond motifs is 1. The summed E-state index contributed by atoms with van der Waals surface area (Å²) in [6, 6.07) is 5.47. The first-order valence-corrected chi connectivity index (χ1v) is 9.49. The maximum absolute atomic E-state index is 14.3. The lowest BCUT2D eigenvalue weighted by molar-refractivity contribution is -0.111. The molecule has 2 aromatic carbocycles. The number of benzene rings is 2. The molecule has 6 nitrogen and oxygen atoms in total. The molecule has 0 fully saturated rings. The van der Waals surface area contributed by atoms with Crippen molar-refractivity contribution in [1.29, 1.82) is 0 Å². The molecule has 2 N–H and O–H groups in total. The second-order valence-corrected chi connectivity index (χ2v) is 7.30. The smallest absolute Gasteiger partial charge is 0.248 e. The Kier molecular flexibility index (Phi) is 6.81. The molecule has 0 radical (unpaired) electrons. The number of likely N-dealkylation sites (N-methyl/N-ethyl adjacent to an activating group) is 1. The van der Waals surface area contributed by atoms with Gasteiger partial charge in [0.15, 0.2) is 5.82 Å². The second kappa shape index (κ2) is 9.34. The summed E-state index contributed by atoms with van der Waals surface area (Å²) in [5.41, 5.74) is 0.713. The highest BCUT2D eigenvalue weighted by Gasteiger charge is 2.16. The van der Waals surface area contributed by atoms with Crippen LogP contribution in [0.1, 0.15) is 0 Å². The molecule has 0 saturated carbocycles. The zero-order chi connectivity index (χ0) is 21.8. The topological polar surface area (TPSA) is 70.2 Å². The maximum atomic E-state index is 14.3. The van der Waals surface area contributed by atoms with Crippen molar-refractivity contribution in [2.45, 2.75) is 0 Å². The lowest BCUT2D eigenvalue weighted by atomic mass is 10.2. The van der Waals surface area contributed by atoms with Crippen molar-refractivity contribution in [2.24, 2.45) is 0 Å². The van der Waals surface area contributed by atoms with Gasteiger partial charge in [-0.3, -0.25) is 4.79 Å². The first-order chi connectivity index (χ1) is 14.3. The summed E-state index contributed by atoms with van der Waals surface area (Å²) < 4.78 is 27.7. The van der Waals surface area contributed by atoms with Gasteiger partial charge in [0.05, 0.1) is 27.3 Å². The Hall–Kier alpha value is -2.81. The summed E-state index contributed by atoms with van der Waals surface area (Å²) in [7, 11) is 3.77. The Morgan fingerprint density at radius 3 is 2.57 bits per heavy atom. The van der Waals surface area contributed by atoms with Gasteiger partial charge in [-0.05, 0) is 38.4 Å². The Morgan fingerprint density at radius 2 is 1.83 bits per heavy atom. The molecule has 1 amide bonds. The van der Waals surface area contributed by atoms with Gasteiger partial charge in [0.25, 0.3) is 0 Å². The summed E-state index contributed by atoms with van der Waals surface area (Å²) in [6.45, 7) is 0.604. The quantitative estimate of drug-likeness (QED) is 0.406. The fourth-order valence-electron chi connectivity index (χ4n) is 2.60. The van der Waals surface area contributed by atoms with Crippen LogP contribution >= 0.6 is 23.2 Å². The Labute approximate surface area is 181 Å². The molecular formula is C20H17Cl2F2N5O. The predicted octanol–water partition coefficient (Wildman–Crippen LogP) is 5.01. The minimum absolute atomic E-state index is 0.0847. The average Bonchev–Trinajstić information content (AvgIpc) is 2.70. The molecule has 0 unspecified atom stereocenters. The van der Waals surface area contributed by atoms with Crippen LogP contribution in [0.3, 0.4) is 0 Å². The number of aromatic nitrogens is 2. The summed E-state index contributed by atoms with van der Waals surface area (Å²) >= 11 is 12.1. The molecule has 30 heavy (non-hydrogen) atoms. The fraction of sp³-hybridized carbons (Fsp3) is 0.150. The molecule has 0 aliphatic rings. The molecule has 0 aliphatic carbocycles. The molecule has 0 atom stereocenters. The monoisotopic (exact) mass is 451 g/mol. The largest absolute Gasteiger partial charge is 0.337 e. The lowest BCUT2D eigenvalue weighted by Crippen LogP contribution is -2.13. The molecule has 10 heteroatoms. The molecule has 156 valence electrons.